The number of fused-ring (bicyclic) bond motifs is 1. The summed E-state index contributed by atoms with van der Waals surface area (Å²) < 4.78 is 8.16. The summed E-state index contributed by atoms with van der Waals surface area (Å²) in [6.07, 6.45) is 6.28. The number of nitrogens with zero attached hydrogens (tertiary/aromatic N) is 4. The van der Waals surface area contributed by atoms with Crippen LogP contribution >= 0.6 is 11.6 Å². The van der Waals surface area contributed by atoms with Gasteiger partial charge >= 0.3 is 0 Å². The summed E-state index contributed by atoms with van der Waals surface area (Å²) in [5.74, 6) is -0.344. The molecule has 1 amide bonds. The summed E-state index contributed by atoms with van der Waals surface area (Å²) >= 11 is 6.73. The summed E-state index contributed by atoms with van der Waals surface area (Å²) in [5.41, 5.74) is 9.23. The maximum absolute atomic E-state index is 12.5. The van der Waals surface area contributed by atoms with E-state index in [9.17, 15) is 9.59 Å². The first-order chi connectivity index (χ1) is 16.8. The van der Waals surface area contributed by atoms with Crippen LogP contribution in [0.4, 0.5) is 5.82 Å². The van der Waals surface area contributed by atoms with Crippen molar-refractivity contribution in [2.45, 2.75) is 38.8 Å². The summed E-state index contributed by atoms with van der Waals surface area (Å²) in [6, 6.07) is 4.75. The molecular weight excluding hydrogens is 468 g/mol. The molecule has 0 aliphatic heterocycles. The average Bonchev–Trinajstić information content (AvgIpc) is 2.86. The molecule has 0 bridgehead atoms. The normalized spacial score (nSPS) is 18.9. The number of carbonyl (C=O) groups excluding carboxylic acids is 1. The van der Waals surface area contributed by atoms with Crippen LogP contribution < -0.4 is 16.5 Å². The van der Waals surface area contributed by atoms with Gasteiger partial charge in [-0.3, -0.25) is 14.6 Å². The van der Waals surface area contributed by atoms with Crippen molar-refractivity contribution in [2.24, 2.45) is 0 Å². The second kappa shape index (κ2) is 9.97. The summed E-state index contributed by atoms with van der Waals surface area (Å²) in [6.45, 7) is 6.37. The molecule has 3 aromatic rings. The number of anilines is 1. The Morgan fingerprint density at radius 2 is 2.06 bits per heavy atom. The van der Waals surface area contributed by atoms with Gasteiger partial charge in [0.05, 0.1) is 12.1 Å². The Labute approximate surface area is 207 Å². The number of hydrogen-bond acceptors (Lipinski definition) is 7. The predicted molar refractivity (Wildman–Crippen MR) is 135 cm³/mol. The fourth-order valence-corrected chi connectivity index (χ4v) is 4.76. The van der Waals surface area contributed by atoms with Crippen LogP contribution in [0.25, 0.3) is 11.0 Å². The van der Waals surface area contributed by atoms with Crippen molar-refractivity contribution in [3.8, 4) is 0 Å². The van der Waals surface area contributed by atoms with Crippen LogP contribution in [0.5, 0.6) is 0 Å². The smallest absolute Gasteiger partial charge is 0.269 e. The Morgan fingerprint density at radius 1 is 1.29 bits per heavy atom. The molecule has 3 atom stereocenters. The lowest BCUT2D eigenvalue weighted by atomic mass is 9.78. The van der Waals surface area contributed by atoms with Crippen molar-refractivity contribution in [3.05, 3.63) is 80.7 Å². The molecule has 0 saturated heterocycles. The van der Waals surface area contributed by atoms with Gasteiger partial charge in [0.1, 0.15) is 28.9 Å². The fourth-order valence-electron chi connectivity index (χ4n) is 4.51. The molecule has 0 aromatic carbocycles. The molecule has 3 unspecified atom stereocenters. The van der Waals surface area contributed by atoms with E-state index in [2.05, 4.69) is 20.3 Å². The molecule has 10 heteroatoms. The zero-order valence-corrected chi connectivity index (χ0v) is 20.7. The molecule has 0 saturated carbocycles. The van der Waals surface area contributed by atoms with Crippen LogP contribution in [0.1, 0.15) is 48.8 Å². The largest absolute Gasteiger partial charge is 0.383 e. The van der Waals surface area contributed by atoms with Gasteiger partial charge in [-0.15, -0.1) is 0 Å². The minimum Gasteiger partial charge on any atom is -0.383 e. The van der Waals surface area contributed by atoms with E-state index in [0.29, 0.717) is 23.0 Å². The molecule has 0 radical (unpaired) electrons. The standard InChI is InChI=1S/C25H27ClN6O3/c1-5-35-22-16(14(3)32-9-8-19(33)21-23(27)30-12-31-24(21)32)10-17(26)13(2)20(22)15-6-7-18(29-11-15)25(34)28-4/h6-12,14,20,22H,5H2,1-4H3,(H,28,34)(H2,27,30,31). The monoisotopic (exact) mass is 494 g/mol. The molecular formula is C25H27ClN6O3. The number of nitrogen functional groups attached to an aromatic ring is 1. The van der Waals surface area contributed by atoms with Crippen molar-refractivity contribution in [3.63, 3.8) is 0 Å². The van der Waals surface area contributed by atoms with E-state index in [-0.39, 0.29) is 40.6 Å². The number of rotatable bonds is 6. The van der Waals surface area contributed by atoms with Gasteiger partial charge in [0.2, 0.25) is 0 Å². The van der Waals surface area contributed by atoms with Crippen LogP contribution in [-0.4, -0.2) is 45.2 Å². The maximum Gasteiger partial charge on any atom is 0.269 e. The van der Waals surface area contributed by atoms with Crippen molar-refractivity contribution < 1.29 is 9.53 Å². The summed E-state index contributed by atoms with van der Waals surface area (Å²) in [7, 11) is 1.56. The average molecular weight is 495 g/mol. The Morgan fingerprint density at radius 3 is 2.71 bits per heavy atom. The second-order valence-corrected chi connectivity index (χ2v) is 8.71. The number of pyridine rings is 2. The Kier molecular flexibility index (Phi) is 7.00. The van der Waals surface area contributed by atoms with Gasteiger partial charge in [-0.2, -0.15) is 0 Å². The first-order valence-corrected chi connectivity index (χ1v) is 11.6. The lowest BCUT2D eigenvalue weighted by Gasteiger charge is -2.37. The number of nitrogens with one attached hydrogen (secondary N) is 1. The fraction of sp³-hybridized carbons (Fsp3) is 0.320. The minimum absolute atomic E-state index is 0.134. The number of hydrogen-bond donors (Lipinski definition) is 2. The van der Waals surface area contributed by atoms with E-state index < -0.39 is 0 Å². The van der Waals surface area contributed by atoms with E-state index in [1.54, 1.807) is 25.5 Å². The van der Waals surface area contributed by atoms with Crippen LogP contribution in [0.15, 0.2) is 64.0 Å². The van der Waals surface area contributed by atoms with Crippen molar-refractivity contribution in [1.82, 2.24) is 24.8 Å². The molecule has 3 aromatic heterocycles. The number of allylic oxidation sites excluding steroid dienone is 2. The number of ether oxygens (including phenoxy) is 1. The van der Waals surface area contributed by atoms with E-state index in [4.69, 9.17) is 22.1 Å². The Hall–Kier alpha value is -3.56. The van der Waals surface area contributed by atoms with Crippen LogP contribution in [0.2, 0.25) is 0 Å². The number of aromatic nitrogens is 4. The van der Waals surface area contributed by atoms with Crippen molar-refractivity contribution in [2.75, 3.05) is 19.4 Å². The highest BCUT2D eigenvalue weighted by Crippen LogP contribution is 2.43. The minimum atomic E-state index is -0.362. The first kappa shape index (κ1) is 24.6. The quantitative estimate of drug-likeness (QED) is 0.538. The van der Waals surface area contributed by atoms with Gasteiger partial charge < -0.3 is 20.4 Å². The molecule has 4 rings (SSSR count). The van der Waals surface area contributed by atoms with Gasteiger partial charge in [0, 0.05) is 43.1 Å². The number of nitrogens with two attached hydrogens (primary N) is 1. The molecule has 182 valence electrons. The highest BCUT2D eigenvalue weighted by molar-refractivity contribution is 6.31. The molecule has 3 N–H and O–H groups in total. The van der Waals surface area contributed by atoms with E-state index >= 15 is 0 Å². The van der Waals surface area contributed by atoms with Gasteiger partial charge in [-0.05, 0) is 49.6 Å². The van der Waals surface area contributed by atoms with Crippen molar-refractivity contribution >= 4 is 34.4 Å². The topological polar surface area (TPSA) is 125 Å². The van der Waals surface area contributed by atoms with Crippen LogP contribution in [0.3, 0.4) is 0 Å². The number of amides is 1. The molecule has 1 aliphatic rings. The van der Waals surface area contributed by atoms with Crippen LogP contribution in [-0.2, 0) is 4.74 Å². The third-order valence-electron chi connectivity index (χ3n) is 6.35. The molecule has 3 heterocycles. The van der Waals surface area contributed by atoms with Gasteiger partial charge in [0.15, 0.2) is 5.43 Å². The van der Waals surface area contributed by atoms with Crippen LogP contribution in [0, 0.1) is 0 Å². The number of carbonyl (C=O) groups is 1. The highest BCUT2D eigenvalue weighted by atomic mass is 35.5. The Bertz CT molecular complexity index is 1400. The molecule has 0 fully saturated rings. The Balaban J connectivity index is 1.82. The first-order valence-electron chi connectivity index (χ1n) is 11.3. The van der Waals surface area contributed by atoms with Gasteiger partial charge in [-0.25, -0.2) is 9.97 Å². The molecule has 35 heavy (non-hydrogen) atoms. The predicted octanol–water partition coefficient (Wildman–Crippen LogP) is 3.33. The zero-order chi connectivity index (χ0) is 25.3. The third kappa shape index (κ3) is 4.44. The SMILES string of the molecule is CCOC1C(C(C)n2ccc(=O)c3c(N)ncnc32)=CC(Cl)=C(C)C1c1ccc(C(=O)NC)nc1. The van der Waals surface area contributed by atoms with E-state index in [1.165, 1.54) is 12.4 Å². The zero-order valence-electron chi connectivity index (χ0n) is 19.9. The lowest BCUT2D eigenvalue weighted by molar-refractivity contribution is 0.0684. The summed E-state index contributed by atoms with van der Waals surface area (Å²) in [5, 5.41) is 3.45. The van der Waals surface area contributed by atoms with E-state index in [0.717, 1.165) is 16.7 Å². The van der Waals surface area contributed by atoms with Gasteiger partial charge in [-0.1, -0.05) is 17.7 Å². The van der Waals surface area contributed by atoms with Gasteiger partial charge in [0.25, 0.3) is 5.91 Å². The molecule has 0 spiro atoms. The maximum atomic E-state index is 12.5. The second-order valence-electron chi connectivity index (χ2n) is 8.31. The molecule has 1 aliphatic carbocycles. The summed E-state index contributed by atoms with van der Waals surface area (Å²) in [4.78, 5) is 37.1. The lowest BCUT2D eigenvalue weighted by Crippen LogP contribution is -2.33. The third-order valence-corrected chi connectivity index (χ3v) is 6.76. The number of halogens is 1. The highest BCUT2D eigenvalue weighted by Gasteiger charge is 2.36. The van der Waals surface area contributed by atoms with E-state index in [1.807, 2.05) is 37.5 Å². The molecule has 9 nitrogen and oxygen atoms in total. The van der Waals surface area contributed by atoms with Crippen molar-refractivity contribution in [1.29, 1.82) is 0 Å².